The molecule has 0 saturated carbocycles. The van der Waals surface area contributed by atoms with E-state index in [0.717, 1.165) is 10.6 Å². The lowest BCUT2D eigenvalue weighted by molar-refractivity contribution is -0.0678. The summed E-state index contributed by atoms with van der Waals surface area (Å²) < 4.78 is 19.0. The highest BCUT2D eigenvalue weighted by Crippen LogP contribution is 2.30. The van der Waals surface area contributed by atoms with E-state index in [0.29, 0.717) is 0 Å². The number of aromatic amines is 1. The fourth-order valence-electron chi connectivity index (χ4n) is 1.86. The van der Waals surface area contributed by atoms with Crippen LogP contribution in [0.25, 0.3) is 0 Å². The number of hydrogen-bond acceptors (Lipinski definition) is 6. The molecule has 0 aliphatic carbocycles. The van der Waals surface area contributed by atoms with Crippen molar-refractivity contribution in [2.24, 2.45) is 5.73 Å². The van der Waals surface area contributed by atoms with Crippen LogP contribution in [-0.4, -0.2) is 39.7 Å². The molecule has 8 nitrogen and oxygen atoms in total. The zero-order valence-corrected chi connectivity index (χ0v) is 9.48. The molecular weight excluding hydrogens is 242 g/mol. The van der Waals surface area contributed by atoms with Crippen molar-refractivity contribution in [1.29, 1.82) is 0 Å². The van der Waals surface area contributed by atoms with Crippen LogP contribution in [0.2, 0.25) is 0 Å². The first-order chi connectivity index (χ1) is 9.08. The molecule has 8 heteroatoms. The molecule has 1 aromatic heterocycles. The second-order valence-corrected chi connectivity index (χ2v) is 3.87. The number of nitrogens with one attached hydrogen (secondary N) is 1. The summed E-state index contributed by atoms with van der Waals surface area (Å²) >= 11 is 0. The molecule has 1 aromatic rings. The fourth-order valence-corrected chi connectivity index (χ4v) is 1.86. The van der Waals surface area contributed by atoms with E-state index < -0.39 is 35.8 Å². The highest BCUT2D eigenvalue weighted by atomic mass is 16.6. The summed E-state index contributed by atoms with van der Waals surface area (Å²) in [7, 11) is 0. The largest absolute Gasteiger partial charge is 0.388 e. The molecule has 0 radical (unpaired) electrons. The normalized spacial score (nSPS) is 32.4. The number of hydrogen-bond donors (Lipinski definition) is 3. The molecule has 1 aliphatic heterocycles. The number of aliphatic hydroxyl groups excluding tert-OH is 1. The second-order valence-electron chi connectivity index (χ2n) is 3.87. The minimum Gasteiger partial charge on any atom is -0.388 e. The molecule has 1 saturated heterocycles. The van der Waals surface area contributed by atoms with Crippen LogP contribution >= 0.6 is 0 Å². The van der Waals surface area contributed by atoms with Crippen LogP contribution in [0, 0.1) is 0 Å². The number of rotatable bonds is 3. The Balaban J connectivity index is 2.36. The van der Waals surface area contributed by atoms with Crippen molar-refractivity contribution in [3.8, 4) is 0 Å². The minimum absolute atomic E-state index is 0.162. The van der Waals surface area contributed by atoms with Gasteiger partial charge < -0.3 is 20.3 Å². The zero-order chi connectivity index (χ0) is 14.0. The van der Waals surface area contributed by atoms with E-state index >= 15 is 0 Å². The molecular formula is C10H15N3O5. The number of aliphatic hydroxyl groups is 1. The molecule has 2 heterocycles. The maximum absolute atomic E-state index is 11.7. The van der Waals surface area contributed by atoms with Crippen LogP contribution in [0.4, 0.5) is 0 Å². The molecule has 1 fully saturated rings. The van der Waals surface area contributed by atoms with Crippen molar-refractivity contribution in [2.75, 3.05) is 6.73 Å². The first kappa shape index (κ1) is 11.6. The summed E-state index contributed by atoms with van der Waals surface area (Å²) in [4.78, 5) is 24.8. The molecule has 0 spiro atoms. The summed E-state index contributed by atoms with van der Waals surface area (Å²) in [6, 6.07) is 1.16. The van der Waals surface area contributed by atoms with E-state index in [1.807, 2.05) is 0 Å². The molecule has 1 aliphatic rings. The summed E-state index contributed by atoms with van der Waals surface area (Å²) in [6.45, 7) is -0.343. The van der Waals surface area contributed by atoms with E-state index in [-0.39, 0.29) is 13.6 Å². The van der Waals surface area contributed by atoms with Gasteiger partial charge in [0.15, 0.2) is 6.23 Å². The topological polar surface area (TPSA) is 120 Å². The van der Waals surface area contributed by atoms with Gasteiger partial charge in [-0.1, -0.05) is 0 Å². The lowest BCUT2D eigenvalue weighted by Crippen LogP contribution is -2.39. The Bertz CT molecular complexity index is 544. The van der Waals surface area contributed by atoms with Gasteiger partial charge in [-0.3, -0.25) is 14.3 Å². The van der Waals surface area contributed by atoms with Crippen LogP contribution in [0.1, 0.15) is 14.5 Å². The van der Waals surface area contributed by atoms with Crippen molar-refractivity contribution >= 4 is 0 Å². The predicted molar refractivity (Wildman–Crippen MR) is 60.8 cm³/mol. The van der Waals surface area contributed by atoms with E-state index in [9.17, 15) is 14.7 Å². The van der Waals surface area contributed by atoms with Gasteiger partial charge in [0.25, 0.3) is 5.56 Å². The third-order valence-electron chi connectivity index (χ3n) is 2.73. The molecule has 0 unspecified atom stereocenters. The van der Waals surface area contributed by atoms with Crippen LogP contribution in [-0.2, 0) is 9.47 Å². The molecule has 18 heavy (non-hydrogen) atoms. The van der Waals surface area contributed by atoms with Crippen LogP contribution in [0.3, 0.4) is 0 Å². The third-order valence-corrected chi connectivity index (χ3v) is 2.73. The number of nitrogens with zero attached hydrogens (tertiary/aromatic N) is 1. The lowest BCUT2D eigenvalue weighted by Gasteiger charge is -2.21. The summed E-state index contributed by atoms with van der Waals surface area (Å²) in [5.74, 6) is 0. The first-order valence-electron chi connectivity index (χ1n) is 6.05. The number of nitrogens with two attached hydrogens (primary N) is 1. The Morgan fingerprint density at radius 2 is 2.50 bits per heavy atom. The first-order valence-corrected chi connectivity index (χ1v) is 5.34. The van der Waals surface area contributed by atoms with Gasteiger partial charge in [-0.15, -0.1) is 0 Å². The van der Waals surface area contributed by atoms with Gasteiger partial charge in [-0.05, 0) is 6.90 Å². The zero-order valence-electron chi connectivity index (χ0n) is 10.5. The average molecular weight is 258 g/mol. The maximum atomic E-state index is 11.7. The van der Waals surface area contributed by atoms with Crippen molar-refractivity contribution in [3.05, 3.63) is 33.1 Å². The van der Waals surface area contributed by atoms with Crippen molar-refractivity contribution in [2.45, 2.75) is 31.4 Å². The smallest absolute Gasteiger partial charge is 0.330 e. The van der Waals surface area contributed by atoms with Gasteiger partial charge in [0.1, 0.15) is 12.2 Å². The molecule has 4 atom stereocenters. The average Bonchev–Trinajstić information content (AvgIpc) is 2.68. The van der Waals surface area contributed by atoms with Crippen LogP contribution < -0.4 is 17.0 Å². The minimum atomic E-state index is -1.06. The summed E-state index contributed by atoms with van der Waals surface area (Å²) in [6.07, 6.45) is -2.40. The fraction of sp³-hybridized carbons (Fsp3) is 0.600. The lowest BCUT2D eigenvalue weighted by atomic mass is 10.1. The van der Waals surface area contributed by atoms with Gasteiger partial charge in [0.05, 0.1) is 12.8 Å². The van der Waals surface area contributed by atoms with E-state index in [4.69, 9.17) is 16.6 Å². The Morgan fingerprint density at radius 3 is 3.11 bits per heavy atom. The Kier molecular flexibility index (Phi) is 3.24. The number of aromatic nitrogens is 2. The number of H-pyrrole nitrogens is 1. The van der Waals surface area contributed by atoms with Gasteiger partial charge in [0, 0.05) is 13.6 Å². The van der Waals surface area contributed by atoms with Crippen LogP contribution in [0.5, 0.6) is 0 Å². The highest BCUT2D eigenvalue weighted by molar-refractivity contribution is 4.92. The Labute approximate surface area is 103 Å². The Hall–Kier alpha value is -1.48. The van der Waals surface area contributed by atoms with Gasteiger partial charge in [-0.2, -0.15) is 0 Å². The van der Waals surface area contributed by atoms with E-state index in [2.05, 4.69) is 4.98 Å². The van der Waals surface area contributed by atoms with Gasteiger partial charge in [-0.25, -0.2) is 4.79 Å². The predicted octanol–water partition coefficient (Wildman–Crippen LogP) is -1.88. The second kappa shape index (κ2) is 5.02. The number of ether oxygens (including phenoxy) is 2. The standard InChI is InChI=1S/C10H15N3O5/c1-5-7(15)8(17-4-11)9(18-5)13-3-2-6(14)12-10(13)16/h2-3,5,7-9,15H,4,11H2,1H3,(H,12,14,16)/t5-,7-,8-,9-/m1/s1/i1D. The van der Waals surface area contributed by atoms with E-state index in [1.165, 1.54) is 6.20 Å². The molecule has 0 aromatic carbocycles. The maximum Gasteiger partial charge on any atom is 0.330 e. The molecule has 0 amide bonds. The summed E-state index contributed by atoms with van der Waals surface area (Å²) in [5.41, 5.74) is 4.07. The molecule has 4 N–H and O–H groups in total. The van der Waals surface area contributed by atoms with E-state index in [1.54, 1.807) is 0 Å². The summed E-state index contributed by atoms with van der Waals surface area (Å²) in [5, 5.41) is 9.94. The van der Waals surface area contributed by atoms with Gasteiger partial charge >= 0.3 is 5.69 Å². The van der Waals surface area contributed by atoms with Crippen molar-refractivity contribution in [1.82, 2.24) is 9.55 Å². The third kappa shape index (κ3) is 2.23. The van der Waals surface area contributed by atoms with Crippen molar-refractivity contribution in [3.63, 3.8) is 0 Å². The molecule has 0 bridgehead atoms. The van der Waals surface area contributed by atoms with Crippen molar-refractivity contribution < 1.29 is 16.0 Å². The highest BCUT2D eigenvalue weighted by Gasteiger charge is 2.43. The van der Waals surface area contributed by atoms with Gasteiger partial charge in [0.2, 0.25) is 0 Å². The molecule has 100 valence electrons. The quantitative estimate of drug-likeness (QED) is 0.546. The Morgan fingerprint density at radius 1 is 1.72 bits per heavy atom. The SMILES string of the molecule is [2H]C[C@H]1O[C@@H](n2ccc(=O)[nH]c2=O)[C@H](OCN)[C@@H]1O. The van der Waals surface area contributed by atoms with Crippen LogP contribution in [0.15, 0.2) is 21.9 Å². The molecule has 2 rings (SSSR count). The monoisotopic (exact) mass is 258 g/mol.